The SMILES string of the molecule is COC(=O)CSc1nnc(N2C(N)=C(C#N)C(c3ccc(C)cc3)C3=C2CCCC3=O)s1. The summed E-state index contributed by atoms with van der Waals surface area (Å²) in [5.41, 5.74) is 10.2. The number of hydrogen-bond donors (Lipinski definition) is 1. The van der Waals surface area contributed by atoms with Crippen LogP contribution in [-0.2, 0) is 14.3 Å². The van der Waals surface area contributed by atoms with Crippen LogP contribution in [0.5, 0.6) is 0 Å². The number of thioether (sulfide) groups is 1. The summed E-state index contributed by atoms with van der Waals surface area (Å²) in [6.45, 7) is 1.99. The number of carbonyl (C=O) groups is 2. The number of benzene rings is 1. The van der Waals surface area contributed by atoms with Gasteiger partial charge in [0, 0.05) is 17.7 Å². The summed E-state index contributed by atoms with van der Waals surface area (Å²) in [5, 5.41) is 18.9. The Morgan fingerprint density at radius 2 is 2.09 bits per heavy atom. The molecule has 8 nitrogen and oxygen atoms in total. The van der Waals surface area contributed by atoms with Crippen molar-refractivity contribution >= 4 is 40.0 Å². The third-order valence-corrected chi connectivity index (χ3v) is 7.47. The Kier molecular flexibility index (Phi) is 6.30. The highest BCUT2D eigenvalue weighted by Crippen LogP contribution is 2.47. The molecule has 0 amide bonds. The summed E-state index contributed by atoms with van der Waals surface area (Å²) < 4.78 is 5.23. The Bertz CT molecular complexity index is 1180. The topological polar surface area (TPSA) is 122 Å². The number of nitrogens with two attached hydrogens (primary N) is 1. The summed E-state index contributed by atoms with van der Waals surface area (Å²) in [6, 6.07) is 10.1. The first-order valence-electron chi connectivity index (χ1n) is 10.0. The number of ketones is 1. The van der Waals surface area contributed by atoms with Crippen LogP contribution in [-0.4, -0.2) is 34.8 Å². The summed E-state index contributed by atoms with van der Waals surface area (Å²) in [7, 11) is 1.33. The molecule has 2 N–H and O–H groups in total. The van der Waals surface area contributed by atoms with Crippen molar-refractivity contribution in [2.45, 2.75) is 36.4 Å². The van der Waals surface area contributed by atoms with Crippen LogP contribution in [0.2, 0.25) is 0 Å². The number of nitriles is 1. The average Bonchev–Trinajstić information content (AvgIpc) is 3.26. The highest BCUT2D eigenvalue weighted by atomic mass is 32.2. The second kappa shape index (κ2) is 9.14. The van der Waals surface area contributed by atoms with E-state index in [1.807, 2.05) is 31.2 Å². The van der Waals surface area contributed by atoms with Crippen molar-refractivity contribution < 1.29 is 14.3 Å². The highest BCUT2D eigenvalue weighted by molar-refractivity contribution is 8.01. The predicted octanol–water partition coefficient (Wildman–Crippen LogP) is 3.42. The number of carbonyl (C=O) groups excluding carboxylic acids is 2. The minimum absolute atomic E-state index is 0.0203. The van der Waals surface area contributed by atoms with Crippen molar-refractivity contribution in [3.63, 3.8) is 0 Å². The van der Waals surface area contributed by atoms with Gasteiger partial charge in [0.2, 0.25) is 5.13 Å². The maximum absolute atomic E-state index is 13.1. The van der Waals surface area contributed by atoms with E-state index in [1.54, 1.807) is 4.90 Å². The molecule has 2 heterocycles. The van der Waals surface area contributed by atoms with Crippen LogP contribution < -0.4 is 10.6 Å². The zero-order valence-electron chi connectivity index (χ0n) is 17.6. The maximum Gasteiger partial charge on any atom is 0.316 e. The van der Waals surface area contributed by atoms with Gasteiger partial charge in [-0.25, -0.2) is 0 Å². The molecule has 1 aliphatic heterocycles. The van der Waals surface area contributed by atoms with E-state index in [1.165, 1.54) is 30.2 Å². The van der Waals surface area contributed by atoms with Crippen molar-refractivity contribution in [1.82, 2.24) is 10.2 Å². The number of hydrogen-bond acceptors (Lipinski definition) is 10. The lowest BCUT2D eigenvalue weighted by Gasteiger charge is -2.38. The van der Waals surface area contributed by atoms with Crippen LogP contribution in [0.25, 0.3) is 0 Å². The van der Waals surface area contributed by atoms with E-state index < -0.39 is 5.92 Å². The fraction of sp³-hybridized carbons (Fsp3) is 0.318. The van der Waals surface area contributed by atoms with Gasteiger partial charge in [0.1, 0.15) is 5.82 Å². The molecule has 0 bridgehead atoms. The van der Waals surface area contributed by atoms with E-state index in [0.717, 1.165) is 16.8 Å². The quantitative estimate of drug-likeness (QED) is 0.520. The number of anilines is 1. The normalized spacial score (nSPS) is 18.5. The Hall–Kier alpha value is -3.16. The van der Waals surface area contributed by atoms with Gasteiger partial charge in [0.05, 0.1) is 30.4 Å². The third kappa shape index (κ3) is 4.01. The van der Waals surface area contributed by atoms with Crippen molar-refractivity contribution in [3.8, 4) is 6.07 Å². The van der Waals surface area contributed by atoms with E-state index in [0.29, 0.717) is 39.9 Å². The molecular formula is C22H21N5O3S2. The molecule has 1 unspecified atom stereocenters. The second-order valence-corrected chi connectivity index (χ2v) is 9.62. The molecule has 0 spiro atoms. The first-order valence-corrected chi connectivity index (χ1v) is 11.8. The molecule has 1 aliphatic carbocycles. The highest BCUT2D eigenvalue weighted by Gasteiger charge is 2.41. The predicted molar refractivity (Wildman–Crippen MR) is 122 cm³/mol. The minimum atomic E-state index is -0.499. The number of aryl methyl sites for hydroxylation is 1. The molecule has 164 valence electrons. The van der Waals surface area contributed by atoms with Gasteiger partial charge in [-0.1, -0.05) is 52.9 Å². The Morgan fingerprint density at radius 1 is 1.34 bits per heavy atom. The van der Waals surface area contributed by atoms with Gasteiger partial charge in [-0.3, -0.25) is 14.5 Å². The zero-order valence-corrected chi connectivity index (χ0v) is 19.3. The molecule has 32 heavy (non-hydrogen) atoms. The van der Waals surface area contributed by atoms with Crippen LogP contribution in [0.3, 0.4) is 0 Å². The van der Waals surface area contributed by atoms with Crippen LogP contribution in [0.1, 0.15) is 36.3 Å². The van der Waals surface area contributed by atoms with Crippen LogP contribution in [0.15, 0.2) is 51.3 Å². The number of aromatic nitrogens is 2. The van der Waals surface area contributed by atoms with Crippen molar-refractivity contribution in [2.24, 2.45) is 5.73 Å². The van der Waals surface area contributed by atoms with Crippen molar-refractivity contribution in [1.29, 1.82) is 5.26 Å². The van der Waals surface area contributed by atoms with E-state index in [2.05, 4.69) is 21.0 Å². The number of ether oxygens (including phenoxy) is 1. The van der Waals surface area contributed by atoms with Crippen molar-refractivity contribution in [3.05, 3.63) is 58.1 Å². The molecule has 2 aliphatic rings. The van der Waals surface area contributed by atoms with E-state index in [9.17, 15) is 14.9 Å². The lowest BCUT2D eigenvalue weighted by atomic mass is 9.75. The van der Waals surface area contributed by atoms with Gasteiger partial charge in [0.15, 0.2) is 10.1 Å². The first-order chi connectivity index (χ1) is 15.4. The number of allylic oxidation sites excluding steroid dienone is 3. The second-order valence-electron chi connectivity index (χ2n) is 7.44. The zero-order chi connectivity index (χ0) is 22.8. The smallest absolute Gasteiger partial charge is 0.316 e. The van der Waals surface area contributed by atoms with Gasteiger partial charge in [-0.15, -0.1) is 10.2 Å². The fourth-order valence-corrected chi connectivity index (χ4v) is 5.64. The van der Waals surface area contributed by atoms with Gasteiger partial charge in [-0.2, -0.15) is 5.26 Å². The summed E-state index contributed by atoms with van der Waals surface area (Å²) in [6.07, 6.45) is 1.78. The fourth-order valence-electron chi connectivity index (χ4n) is 3.93. The van der Waals surface area contributed by atoms with Crippen LogP contribution >= 0.6 is 23.1 Å². The number of rotatable bonds is 5. The molecule has 0 saturated heterocycles. The summed E-state index contributed by atoms with van der Waals surface area (Å²) in [4.78, 5) is 26.2. The minimum Gasteiger partial charge on any atom is -0.468 e. The Labute approximate surface area is 193 Å². The number of Topliss-reactive ketones (excluding diaryl/α,β-unsaturated/α-hetero) is 1. The molecule has 0 radical (unpaired) electrons. The molecule has 4 rings (SSSR count). The van der Waals surface area contributed by atoms with Crippen LogP contribution in [0.4, 0.5) is 5.13 Å². The summed E-state index contributed by atoms with van der Waals surface area (Å²) >= 11 is 2.47. The van der Waals surface area contributed by atoms with E-state index in [-0.39, 0.29) is 23.3 Å². The standard InChI is InChI=1S/C22H21N5O3S2/c1-12-6-8-13(9-7-12)18-14(10-23)20(24)27(15-4-3-5-16(28)19(15)18)21-25-26-22(32-21)31-11-17(29)30-2/h6-9,18H,3-5,11,24H2,1-2H3. The molecule has 1 aromatic carbocycles. The third-order valence-electron chi connectivity index (χ3n) is 5.45. The molecule has 0 fully saturated rings. The monoisotopic (exact) mass is 467 g/mol. The molecule has 2 aromatic rings. The Balaban J connectivity index is 1.79. The van der Waals surface area contributed by atoms with Gasteiger partial charge < -0.3 is 10.5 Å². The molecule has 1 atom stereocenters. The lowest BCUT2D eigenvalue weighted by molar-refractivity contribution is -0.137. The largest absolute Gasteiger partial charge is 0.468 e. The average molecular weight is 468 g/mol. The van der Waals surface area contributed by atoms with E-state index in [4.69, 9.17) is 5.73 Å². The molecule has 1 aromatic heterocycles. The number of methoxy groups -OCH3 is 1. The molecule has 10 heteroatoms. The number of nitrogens with zero attached hydrogens (tertiary/aromatic N) is 4. The first kappa shape index (κ1) is 22.0. The Morgan fingerprint density at radius 3 is 2.78 bits per heavy atom. The van der Waals surface area contributed by atoms with E-state index >= 15 is 0 Å². The molecular weight excluding hydrogens is 446 g/mol. The lowest BCUT2D eigenvalue weighted by Crippen LogP contribution is -2.38. The van der Waals surface area contributed by atoms with Gasteiger partial charge in [-0.05, 0) is 25.3 Å². The van der Waals surface area contributed by atoms with Crippen LogP contribution in [0, 0.1) is 18.3 Å². The van der Waals surface area contributed by atoms with Crippen molar-refractivity contribution in [2.75, 3.05) is 17.8 Å². The van der Waals surface area contributed by atoms with Gasteiger partial charge >= 0.3 is 5.97 Å². The molecule has 0 saturated carbocycles. The maximum atomic E-state index is 13.1. The number of esters is 1. The summed E-state index contributed by atoms with van der Waals surface area (Å²) in [5.74, 6) is -0.471. The van der Waals surface area contributed by atoms with Gasteiger partial charge in [0.25, 0.3) is 0 Å².